The monoisotopic (exact) mass is 281 g/mol. The Morgan fingerprint density at radius 2 is 2.26 bits per heavy atom. The lowest BCUT2D eigenvalue weighted by Crippen LogP contribution is -2.33. The Morgan fingerprint density at radius 1 is 1.53 bits per heavy atom. The van der Waals surface area contributed by atoms with Gasteiger partial charge >= 0.3 is 0 Å². The Morgan fingerprint density at radius 3 is 2.84 bits per heavy atom. The molecule has 0 bridgehead atoms. The predicted molar refractivity (Wildman–Crippen MR) is 72.7 cm³/mol. The largest absolute Gasteiger partial charge is 0.271 e. The molecule has 1 saturated carbocycles. The molecule has 1 aliphatic carbocycles. The van der Waals surface area contributed by atoms with Crippen LogP contribution in [0.25, 0.3) is 0 Å². The van der Waals surface area contributed by atoms with Crippen molar-refractivity contribution < 1.29 is 8.78 Å². The highest BCUT2D eigenvalue weighted by Gasteiger charge is 2.45. The second-order valence-corrected chi connectivity index (χ2v) is 5.21. The van der Waals surface area contributed by atoms with Crippen molar-refractivity contribution >= 4 is 22.6 Å². The lowest BCUT2D eigenvalue weighted by atomic mass is 9.77. The predicted octanol–water partition coefficient (Wildman–Crippen LogP) is 3.62. The number of alkyl halides is 2. The molecule has 0 spiro atoms. The van der Waals surface area contributed by atoms with Gasteiger partial charge in [0.15, 0.2) is 11.4 Å². The molecular weight excluding hydrogens is 268 g/mol. The van der Waals surface area contributed by atoms with Gasteiger partial charge in [-0.2, -0.15) is 5.26 Å². The Labute approximate surface area is 114 Å². The van der Waals surface area contributed by atoms with E-state index in [4.69, 9.17) is 5.26 Å². The number of thioether (sulfide) groups is 1. The molecule has 1 N–H and O–H groups in total. The van der Waals surface area contributed by atoms with Crippen LogP contribution in [0, 0.1) is 11.5 Å². The molecule has 0 heterocycles. The molecule has 0 radical (unpaired) electrons. The van der Waals surface area contributed by atoms with E-state index < -0.39 is 5.92 Å². The van der Waals surface area contributed by atoms with Gasteiger partial charge in [-0.1, -0.05) is 23.9 Å². The van der Waals surface area contributed by atoms with E-state index in [1.54, 1.807) is 24.5 Å². The summed E-state index contributed by atoms with van der Waals surface area (Å²) in [6.07, 6.45) is 3.43. The van der Waals surface area contributed by atoms with Gasteiger partial charge in [0.1, 0.15) is 0 Å². The van der Waals surface area contributed by atoms with Crippen molar-refractivity contribution in [1.29, 1.82) is 5.26 Å². The van der Waals surface area contributed by atoms with Crippen molar-refractivity contribution in [2.45, 2.75) is 24.7 Å². The van der Waals surface area contributed by atoms with Gasteiger partial charge in [-0.15, -0.1) is 0 Å². The third-order valence-corrected chi connectivity index (χ3v) is 3.60. The van der Waals surface area contributed by atoms with Crippen LogP contribution in [0.15, 0.2) is 29.3 Å². The number of hydrogen-bond acceptors (Lipinski definition) is 3. The van der Waals surface area contributed by atoms with E-state index in [1.165, 1.54) is 11.8 Å². The van der Waals surface area contributed by atoms with Crippen LogP contribution in [0.3, 0.4) is 0 Å². The van der Waals surface area contributed by atoms with Crippen LogP contribution >= 0.6 is 11.8 Å². The molecule has 1 fully saturated rings. The Kier molecular flexibility index (Phi) is 4.05. The van der Waals surface area contributed by atoms with E-state index in [-0.39, 0.29) is 18.8 Å². The summed E-state index contributed by atoms with van der Waals surface area (Å²) in [4.78, 5) is 4.26. The van der Waals surface area contributed by atoms with Crippen LogP contribution in [0.5, 0.6) is 0 Å². The number of aliphatic imine (C=N–C) groups is 1. The molecule has 19 heavy (non-hydrogen) atoms. The second-order valence-electron chi connectivity index (χ2n) is 4.41. The van der Waals surface area contributed by atoms with E-state index in [0.29, 0.717) is 10.9 Å². The molecular formula is C13H13F2N3S. The minimum absolute atomic E-state index is 0.0909. The van der Waals surface area contributed by atoms with Crippen LogP contribution in [-0.4, -0.2) is 17.3 Å². The van der Waals surface area contributed by atoms with Crippen molar-refractivity contribution in [2.75, 3.05) is 6.26 Å². The topological polar surface area (TPSA) is 48.2 Å². The molecule has 1 aromatic carbocycles. The van der Waals surface area contributed by atoms with Gasteiger partial charge in [0, 0.05) is 12.8 Å². The molecule has 100 valence electrons. The number of hydrogen-bond donors (Lipinski definition) is 1. The van der Waals surface area contributed by atoms with Gasteiger partial charge < -0.3 is 0 Å². The Balaban J connectivity index is 2.14. The van der Waals surface area contributed by atoms with Gasteiger partial charge in [0.05, 0.1) is 5.69 Å². The van der Waals surface area contributed by atoms with E-state index in [2.05, 4.69) is 10.3 Å². The maximum absolute atomic E-state index is 12.9. The molecule has 3 nitrogen and oxygen atoms in total. The van der Waals surface area contributed by atoms with Crippen LogP contribution < -0.4 is 5.32 Å². The first kappa shape index (κ1) is 13.8. The molecule has 0 atom stereocenters. The van der Waals surface area contributed by atoms with E-state index >= 15 is 0 Å². The minimum Gasteiger partial charge on any atom is -0.271 e. The van der Waals surface area contributed by atoms with Crippen molar-refractivity contribution in [1.82, 2.24) is 5.32 Å². The maximum atomic E-state index is 12.9. The molecule has 1 aromatic rings. The van der Waals surface area contributed by atoms with Crippen LogP contribution in [-0.2, 0) is 0 Å². The first-order valence-corrected chi connectivity index (χ1v) is 7.02. The number of nitriles is 1. The zero-order valence-electron chi connectivity index (χ0n) is 10.4. The number of benzene rings is 1. The molecule has 0 aliphatic heterocycles. The minimum atomic E-state index is -2.52. The summed E-state index contributed by atoms with van der Waals surface area (Å²) in [6, 6.07) is 7.23. The quantitative estimate of drug-likeness (QED) is 0.390. The van der Waals surface area contributed by atoms with E-state index in [1.807, 2.05) is 12.3 Å². The zero-order valence-corrected chi connectivity index (χ0v) is 11.2. The standard InChI is InChI=1S/C13H13F2N3S/c1-19-12(17-8-16)18-11-4-2-3-9(5-11)10-6-13(14,15)7-10/h2-5,10H,6-7H2,1H3,(H,17,18). The summed E-state index contributed by atoms with van der Waals surface area (Å²) in [7, 11) is 0. The van der Waals surface area contributed by atoms with Gasteiger partial charge in [0.25, 0.3) is 0 Å². The molecule has 0 saturated heterocycles. The average Bonchev–Trinajstić information content (AvgIpc) is 2.35. The average molecular weight is 281 g/mol. The molecule has 6 heteroatoms. The smallest absolute Gasteiger partial charge is 0.249 e. The summed E-state index contributed by atoms with van der Waals surface area (Å²) in [6.45, 7) is 0. The van der Waals surface area contributed by atoms with Crippen LogP contribution in [0.4, 0.5) is 14.5 Å². The molecule has 0 aromatic heterocycles. The molecule has 0 unspecified atom stereocenters. The molecule has 1 aliphatic rings. The van der Waals surface area contributed by atoms with Gasteiger partial charge in [-0.05, 0) is 29.9 Å². The molecule has 0 amide bonds. The maximum Gasteiger partial charge on any atom is 0.249 e. The van der Waals surface area contributed by atoms with E-state index in [0.717, 1.165) is 5.56 Å². The highest BCUT2D eigenvalue weighted by Crippen LogP contribution is 2.48. The van der Waals surface area contributed by atoms with Crippen molar-refractivity contribution in [3.8, 4) is 6.19 Å². The number of nitrogens with zero attached hydrogens (tertiary/aromatic N) is 2. The summed E-state index contributed by atoms with van der Waals surface area (Å²) in [5.74, 6) is -2.61. The fourth-order valence-corrected chi connectivity index (χ4v) is 2.38. The first-order valence-electron chi connectivity index (χ1n) is 5.79. The second kappa shape index (κ2) is 5.57. The summed E-state index contributed by atoms with van der Waals surface area (Å²) in [5.41, 5.74) is 1.55. The number of halogens is 2. The van der Waals surface area contributed by atoms with Crippen molar-refractivity contribution in [3.63, 3.8) is 0 Å². The molecule has 2 rings (SSSR count). The summed E-state index contributed by atoms with van der Waals surface area (Å²) in [5, 5.41) is 11.5. The van der Waals surface area contributed by atoms with Crippen molar-refractivity contribution in [2.24, 2.45) is 4.99 Å². The lowest BCUT2D eigenvalue weighted by Gasteiger charge is -2.35. The SMILES string of the molecule is CSC(=Nc1cccc(C2CC(F)(F)C2)c1)NC#N. The number of amidine groups is 1. The first-order chi connectivity index (χ1) is 9.04. The highest BCUT2D eigenvalue weighted by atomic mass is 32.2. The zero-order chi connectivity index (χ0) is 13.9. The third kappa shape index (κ3) is 3.44. The lowest BCUT2D eigenvalue weighted by molar-refractivity contribution is -0.0867. The van der Waals surface area contributed by atoms with Gasteiger partial charge in [0.2, 0.25) is 5.92 Å². The third-order valence-electron chi connectivity index (χ3n) is 3.02. The normalized spacial score (nSPS) is 18.5. The summed E-state index contributed by atoms with van der Waals surface area (Å²) >= 11 is 1.32. The van der Waals surface area contributed by atoms with Crippen molar-refractivity contribution in [3.05, 3.63) is 29.8 Å². The van der Waals surface area contributed by atoms with E-state index in [9.17, 15) is 8.78 Å². The van der Waals surface area contributed by atoms with Crippen LogP contribution in [0.1, 0.15) is 24.3 Å². The highest BCUT2D eigenvalue weighted by molar-refractivity contribution is 8.13. The Hall–Kier alpha value is -1.61. The fourth-order valence-electron chi connectivity index (χ4n) is 2.03. The fraction of sp³-hybridized carbons (Fsp3) is 0.385. The van der Waals surface area contributed by atoms with Gasteiger partial charge in [-0.25, -0.2) is 13.8 Å². The Bertz CT molecular complexity index is 529. The number of nitrogens with one attached hydrogen (secondary N) is 1. The summed E-state index contributed by atoms with van der Waals surface area (Å²) < 4.78 is 25.7. The number of rotatable bonds is 2. The van der Waals surface area contributed by atoms with Gasteiger partial charge in [-0.3, -0.25) is 5.32 Å². The van der Waals surface area contributed by atoms with Crippen LogP contribution in [0.2, 0.25) is 0 Å².